The van der Waals surface area contributed by atoms with Gasteiger partial charge in [-0.3, -0.25) is 15.1 Å². The first-order chi connectivity index (χ1) is 15.2. The summed E-state index contributed by atoms with van der Waals surface area (Å²) < 4.78 is 22.4. The maximum Gasteiger partial charge on any atom is 0.304 e. The fraction of sp³-hybridized carbons (Fsp3) is 0.417. The zero-order chi connectivity index (χ0) is 23.0. The Labute approximate surface area is 186 Å². The molecule has 4 rings (SSSR count). The summed E-state index contributed by atoms with van der Waals surface area (Å²) in [4.78, 5) is 15.2. The van der Waals surface area contributed by atoms with Gasteiger partial charge in [0.1, 0.15) is 0 Å². The Bertz CT molecular complexity index is 1160. The standard InChI is InChI=1S/C24H27FN4O3/c1-15-8-10-18(24(2,3)4)22(27-15)23-17(14-26-28(23)21-7-5-6-12-32-21)16-9-11-20(29(30)31)19(25)13-16/h8-11,13-14,21H,5-7,12H2,1-4H3. The van der Waals surface area contributed by atoms with E-state index in [9.17, 15) is 14.5 Å². The van der Waals surface area contributed by atoms with Crippen LogP contribution in [0.4, 0.5) is 10.1 Å². The molecule has 1 unspecified atom stereocenters. The minimum Gasteiger partial charge on any atom is -0.356 e. The molecule has 1 saturated heterocycles. The Kier molecular flexibility index (Phi) is 5.81. The van der Waals surface area contributed by atoms with Gasteiger partial charge >= 0.3 is 5.69 Å². The number of nitrogens with zero attached hydrogens (tertiary/aromatic N) is 4. The third kappa shape index (κ3) is 4.14. The van der Waals surface area contributed by atoms with E-state index < -0.39 is 16.4 Å². The molecule has 8 heteroatoms. The molecule has 3 aromatic rings. The zero-order valence-corrected chi connectivity index (χ0v) is 18.8. The first-order valence-electron chi connectivity index (χ1n) is 10.8. The summed E-state index contributed by atoms with van der Waals surface area (Å²) in [5, 5.41) is 15.7. The van der Waals surface area contributed by atoms with E-state index in [4.69, 9.17) is 9.72 Å². The van der Waals surface area contributed by atoms with Gasteiger partial charge in [0.25, 0.3) is 0 Å². The van der Waals surface area contributed by atoms with E-state index in [1.54, 1.807) is 12.3 Å². The van der Waals surface area contributed by atoms with E-state index >= 15 is 0 Å². The van der Waals surface area contributed by atoms with Gasteiger partial charge < -0.3 is 4.74 Å². The van der Waals surface area contributed by atoms with E-state index in [-0.39, 0.29) is 11.6 Å². The van der Waals surface area contributed by atoms with Crippen LogP contribution in [0, 0.1) is 22.9 Å². The van der Waals surface area contributed by atoms with Crippen molar-refractivity contribution in [2.45, 2.75) is 58.6 Å². The SMILES string of the molecule is Cc1ccc(C(C)(C)C)c(-c2c(-c3ccc([N+](=O)[O-])c(F)c3)cnn2C2CCCCO2)n1. The highest BCUT2D eigenvalue weighted by Gasteiger charge is 2.29. The van der Waals surface area contributed by atoms with Crippen molar-refractivity contribution in [1.82, 2.24) is 14.8 Å². The predicted octanol–water partition coefficient (Wildman–Crippen LogP) is 5.96. The lowest BCUT2D eigenvalue weighted by Gasteiger charge is -2.27. The quantitative estimate of drug-likeness (QED) is 0.370. The van der Waals surface area contributed by atoms with E-state index in [2.05, 4.69) is 31.9 Å². The zero-order valence-electron chi connectivity index (χ0n) is 18.8. The molecule has 7 nitrogen and oxygen atoms in total. The van der Waals surface area contributed by atoms with Gasteiger partial charge in [-0.25, -0.2) is 4.68 Å². The molecule has 1 aliphatic rings. The van der Waals surface area contributed by atoms with Gasteiger partial charge in [-0.05, 0) is 60.9 Å². The van der Waals surface area contributed by atoms with Gasteiger partial charge in [0, 0.05) is 23.9 Å². The molecule has 2 aromatic heterocycles. The van der Waals surface area contributed by atoms with Crippen molar-refractivity contribution in [3.8, 4) is 22.5 Å². The summed E-state index contributed by atoms with van der Waals surface area (Å²) in [6.45, 7) is 8.93. The van der Waals surface area contributed by atoms with Crippen LogP contribution in [0.5, 0.6) is 0 Å². The Balaban J connectivity index is 1.97. The van der Waals surface area contributed by atoms with Crippen LogP contribution in [0.3, 0.4) is 0 Å². The maximum absolute atomic E-state index is 14.5. The van der Waals surface area contributed by atoms with Crippen molar-refractivity contribution in [2.24, 2.45) is 0 Å². The van der Waals surface area contributed by atoms with Gasteiger partial charge in [-0.1, -0.05) is 26.8 Å². The lowest BCUT2D eigenvalue weighted by atomic mass is 9.84. The predicted molar refractivity (Wildman–Crippen MR) is 120 cm³/mol. The fourth-order valence-electron chi connectivity index (χ4n) is 4.11. The second-order valence-electron chi connectivity index (χ2n) is 9.19. The number of halogens is 1. The van der Waals surface area contributed by atoms with Crippen molar-refractivity contribution in [1.29, 1.82) is 0 Å². The molecule has 1 aliphatic heterocycles. The van der Waals surface area contributed by atoms with Crippen LogP contribution in [-0.4, -0.2) is 26.3 Å². The highest BCUT2D eigenvalue weighted by molar-refractivity contribution is 5.81. The molecule has 1 atom stereocenters. The monoisotopic (exact) mass is 438 g/mol. The van der Waals surface area contributed by atoms with Crippen LogP contribution in [0.15, 0.2) is 36.5 Å². The number of hydrogen-bond acceptors (Lipinski definition) is 5. The first kappa shape index (κ1) is 22.1. The summed E-state index contributed by atoms with van der Waals surface area (Å²) in [6.07, 6.45) is 4.28. The van der Waals surface area contributed by atoms with Gasteiger partial charge in [-0.15, -0.1) is 0 Å². The van der Waals surface area contributed by atoms with Crippen molar-refractivity contribution in [3.63, 3.8) is 0 Å². The smallest absolute Gasteiger partial charge is 0.304 e. The summed E-state index contributed by atoms with van der Waals surface area (Å²) in [5.41, 5.74) is 3.80. The van der Waals surface area contributed by atoms with Crippen LogP contribution < -0.4 is 0 Å². The molecule has 0 saturated carbocycles. The lowest BCUT2D eigenvalue weighted by molar-refractivity contribution is -0.387. The third-order valence-corrected chi connectivity index (χ3v) is 5.75. The molecular formula is C24H27FN4O3. The number of pyridine rings is 1. The van der Waals surface area contributed by atoms with Gasteiger partial charge in [0.15, 0.2) is 6.23 Å². The average molecular weight is 439 g/mol. The maximum atomic E-state index is 14.5. The molecular weight excluding hydrogens is 411 g/mol. The Morgan fingerprint density at radius 2 is 2.00 bits per heavy atom. The summed E-state index contributed by atoms with van der Waals surface area (Å²) in [5.74, 6) is -0.881. The minimum atomic E-state index is -0.881. The number of benzene rings is 1. The molecule has 1 fully saturated rings. The van der Waals surface area contributed by atoms with Gasteiger partial charge in [0.05, 0.1) is 22.5 Å². The van der Waals surface area contributed by atoms with Crippen molar-refractivity contribution >= 4 is 5.69 Å². The first-order valence-corrected chi connectivity index (χ1v) is 10.8. The highest BCUT2D eigenvalue weighted by atomic mass is 19.1. The molecule has 0 radical (unpaired) electrons. The Morgan fingerprint density at radius 1 is 1.22 bits per heavy atom. The van der Waals surface area contributed by atoms with Crippen molar-refractivity contribution in [2.75, 3.05) is 6.61 Å². The van der Waals surface area contributed by atoms with Crippen LogP contribution >= 0.6 is 0 Å². The van der Waals surface area contributed by atoms with Gasteiger partial charge in [0.2, 0.25) is 5.82 Å². The molecule has 0 aliphatic carbocycles. The van der Waals surface area contributed by atoms with E-state index in [1.807, 2.05) is 17.7 Å². The number of nitro groups is 1. The molecule has 0 spiro atoms. The number of hydrogen-bond donors (Lipinski definition) is 0. The van der Waals surface area contributed by atoms with Crippen LogP contribution in [0.25, 0.3) is 22.5 Å². The third-order valence-electron chi connectivity index (χ3n) is 5.75. The Hall–Kier alpha value is -3.13. The number of ether oxygens (including phenoxy) is 1. The summed E-state index contributed by atoms with van der Waals surface area (Å²) in [7, 11) is 0. The number of nitro benzene ring substituents is 1. The van der Waals surface area contributed by atoms with Crippen LogP contribution in [-0.2, 0) is 10.2 Å². The lowest BCUT2D eigenvalue weighted by Crippen LogP contribution is -2.21. The van der Waals surface area contributed by atoms with E-state index in [1.165, 1.54) is 12.1 Å². The second kappa shape index (κ2) is 8.43. The molecule has 32 heavy (non-hydrogen) atoms. The Morgan fingerprint density at radius 3 is 2.62 bits per heavy atom. The van der Waals surface area contributed by atoms with Crippen molar-refractivity contribution < 1.29 is 14.1 Å². The number of rotatable bonds is 4. The fourth-order valence-corrected chi connectivity index (χ4v) is 4.11. The molecule has 3 heterocycles. The normalized spacial score (nSPS) is 16.8. The topological polar surface area (TPSA) is 83.1 Å². The molecule has 0 bridgehead atoms. The van der Waals surface area contributed by atoms with E-state index in [0.717, 1.165) is 41.9 Å². The molecule has 168 valence electrons. The van der Waals surface area contributed by atoms with Gasteiger partial charge in [-0.2, -0.15) is 9.49 Å². The minimum absolute atomic E-state index is 0.198. The van der Waals surface area contributed by atoms with E-state index in [0.29, 0.717) is 17.7 Å². The molecule has 0 amide bonds. The number of aryl methyl sites for hydroxylation is 1. The molecule has 0 N–H and O–H groups in total. The summed E-state index contributed by atoms with van der Waals surface area (Å²) >= 11 is 0. The molecule has 1 aromatic carbocycles. The summed E-state index contributed by atoms with van der Waals surface area (Å²) in [6, 6.07) is 7.99. The van der Waals surface area contributed by atoms with Crippen molar-refractivity contribution in [3.05, 3.63) is 63.7 Å². The second-order valence-corrected chi connectivity index (χ2v) is 9.19. The largest absolute Gasteiger partial charge is 0.356 e. The average Bonchev–Trinajstić information content (AvgIpc) is 3.18. The number of aromatic nitrogens is 3. The van der Waals surface area contributed by atoms with Crippen LogP contribution in [0.1, 0.15) is 57.5 Å². The van der Waals surface area contributed by atoms with Crippen LogP contribution in [0.2, 0.25) is 0 Å². The highest BCUT2D eigenvalue weighted by Crippen LogP contribution is 2.40.